The first-order chi connectivity index (χ1) is 10.1. The van der Waals surface area contributed by atoms with E-state index < -0.39 is 0 Å². The summed E-state index contributed by atoms with van der Waals surface area (Å²) in [4.78, 5) is 9.33. The lowest BCUT2D eigenvalue weighted by molar-refractivity contribution is 0.460. The molecule has 0 spiro atoms. The zero-order chi connectivity index (χ0) is 15.0. The summed E-state index contributed by atoms with van der Waals surface area (Å²) in [5.74, 6) is 1.04. The van der Waals surface area contributed by atoms with Gasteiger partial charge in [-0.05, 0) is 74.9 Å². The number of halogens is 1. The summed E-state index contributed by atoms with van der Waals surface area (Å²) in [6.45, 7) is 4.51. The quantitative estimate of drug-likeness (QED) is 0.923. The highest BCUT2D eigenvalue weighted by molar-refractivity contribution is 5.57. The van der Waals surface area contributed by atoms with Crippen molar-refractivity contribution in [2.24, 2.45) is 11.7 Å². The van der Waals surface area contributed by atoms with Crippen molar-refractivity contribution in [1.82, 2.24) is 9.97 Å². The number of nitrogens with zero attached hydrogens (tertiary/aromatic N) is 2. The van der Waals surface area contributed by atoms with E-state index in [1.165, 1.54) is 11.6 Å². The van der Waals surface area contributed by atoms with Crippen LogP contribution >= 0.6 is 0 Å². The third-order valence-electron chi connectivity index (χ3n) is 4.33. The van der Waals surface area contributed by atoms with Crippen LogP contribution in [0.25, 0.3) is 11.4 Å². The highest BCUT2D eigenvalue weighted by Crippen LogP contribution is 2.28. The van der Waals surface area contributed by atoms with E-state index in [0.717, 1.165) is 42.8 Å². The normalized spacial score (nSPS) is 17.6. The molecule has 1 aliphatic carbocycles. The van der Waals surface area contributed by atoms with Crippen LogP contribution in [0.3, 0.4) is 0 Å². The molecule has 2 aromatic rings. The van der Waals surface area contributed by atoms with Gasteiger partial charge in [-0.1, -0.05) is 0 Å². The Morgan fingerprint density at radius 3 is 2.81 bits per heavy atom. The van der Waals surface area contributed by atoms with Gasteiger partial charge >= 0.3 is 0 Å². The maximum atomic E-state index is 13.4. The van der Waals surface area contributed by atoms with Crippen LogP contribution < -0.4 is 5.73 Å². The molecule has 0 radical (unpaired) electrons. The summed E-state index contributed by atoms with van der Waals surface area (Å²) in [6, 6.07) is 5.03. The van der Waals surface area contributed by atoms with Crippen molar-refractivity contribution in [3.8, 4) is 11.4 Å². The monoisotopic (exact) mass is 285 g/mol. The molecule has 1 aromatic heterocycles. The van der Waals surface area contributed by atoms with Crippen LogP contribution in [0.1, 0.15) is 28.9 Å². The second-order valence-electron chi connectivity index (χ2n) is 5.87. The van der Waals surface area contributed by atoms with Gasteiger partial charge in [-0.25, -0.2) is 14.4 Å². The molecule has 110 valence electrons. The Balaban J connectivity index is 2.02. The number of fused-ring (bicyclic) bond motifs is 1. The van der Waals surface area contributed by atoms with Gasteiger partial charge < -0.3 is 5.73 Å². The molecule has 2 N–H and O–H groups in total. The van der Waals surface area contributed by atoms with E-state index in [1.807, 2.05) is 13.0 Å². The van der Waals surface area contributed by atoms with Crippen molar-refractivity contribution in [2.75, 3.05) is 6.54 Å². The number of nitrogens with two attached hydrogens (primary N) is 1. The van der Waals surface area contributed by atoms with Gasteiger partial charge in [0, 0.05) is 17.0 Å². The van der Waals surface area contributed by atoms with Crippen LogP contribution in [-0.4, -0.2) is 16.5 Å². The van der Waals surface area contributed by atoms with E-state index in [-0.39, 0.29) is 5.82 Å². The maximum absolute atomic E-state index is 13.4. The average Bonchev–Trinajstić information content (AvgIpc) is 2.49. The number of hydrogen-bond donors (Lipinski definition) is 1. The van der Waals surface area contributed by atoms with Crippen LogP contribution in [-0.2, 0) is 12.8 Å². The minimum Gasteiger partial charge on any atom is -0.330 e. The zero-order valence-corrected chi connectivity index (χ0v) is 12.5. The molecule has 0 saturated heterocycles. The maximum Gasteiger partial charge on any atom is 0.159 e. The molecule has 1 atom stereocenters. The van der Waals surface area contributed by atoms with Crippen molar-refractivity contribution in [3.05, 3.63) is 46.5 Å². The first-order valence-electron chi connectivity index (χ1n) is 7.41. The van der Waals surface area contributed by atoms with E-state index in [9.17, 15) is 4.39 Å². The van der Waals surface area contributed by atoms with Crippen LogP contribution in [0, 0.1) is 25.6 Å². The minimum absolute atomic E-state index is 0.195. The molecular weight excluding hydrogens is 265 g/mol. The molecule has 4 heteroatoms. The topological polar surface area (TPSA) is 51.8 Å². The van der Waals surface area contributed by atoms with Crippen LogP contribution in [0.15, 0.2) is 18.2 Å². The lowest BCUT2D eigenvalue weighted by Gasteiger charge is -2.24. The SMILES string of the molecule is Cc1cc(-c2nc(C)c3c(n2)CCC(CN)C3)ccc1F. The van der Waals surface area contributed by atoms with Crippen LogP contribution in [0.5, 0.6) is 0 Å². The predicted molar refractivity (Wildman–Crippen MR) is 81.5 cm³/mol. The molecule has 1 aromatic carbocycles. The lowest BCUT2D eigenvalue weighted by atomic mass is 9.86. The smallest absolute Gasteiger partial charge is 0.159 e. The van der Waals surface area contributed by atoms with Gasteiger partial charge in [0.05, 0.1) is 0 Å². The average molecular weight is 285 g/mol. The predicted octanol–water partition coefficient (Wildman–Crippen LogP) is 2.96. The van der Waals surface area contributed by atoms with Crippen LogP contribution in [0.4, 0.5) is 4.39 Å². The standard InChI is InChI=1S/C17H20FN3/c1-10-7-13(4-5-15(10)18)17-20-11(2)14-8-12(9-19)3-6-16(14)21-17/h4-5,7,12H,3,6,8-9,19H2,1-2H3. The van der Waals surface area contributed by atoms with E-state index in [0.29, 0.717) is 17.3 Å². The van der Waals surface area contributed by atoms with Gasteiger partial charge in [0.2, 0.25) is 0 Å². The molecule has 1 aliphatic rings. The number of aromatic nitrogens is 2. The Bertz CT molecular complexity index is 682. The molecule has 0 aliphatic heterocycles. The van der Waals surface area contributed by atoms with Gasteiger partial charge in [-0.3, -0.25) is 0 Å². The van der Waals surface area contributed by atoms with E-state index in [1.54, 1.807) is 13.0 Å². The molecule has 1 unspecified atom stereocenters. The molecule has 3 nitrogen and oxygen atoms in total. The molecule has 1 heterocycles. The zero-order valence-electron chi connectivity index (χ0n) is 12.5. The van der Waals surface area contributed by atoms with Gasteiger partial charge in [-0.2, -0.15) is 0 Å². The summed E-state index contributed by atoms with van der Waals surface area (Å²) < 4.78 is 13.4. The Kier molecular flexibility index (Phi) is 3.72. The Morgan fingerprint density at radius 2 is 2.10 bits per heavy atom. The number of hydrogen-bond acceptors (Lipinski definition) is 3. The summed E-state index contributed by atoms with van der Waals surface area (Å²) in [5, 5.41) is 0. The van der Waals surface area contributed by atoms with Crippen molar-refractivity contribution >= 4 is 0 Å². The molecule has 0 fully saturated rings. The Hall–Kier alpha value is -1.81. The minimum atomic E-state index is -0.195. The summed E-state index contributed by atoms with van der Waals surface area (Å²) >= 11 is 0. The van der Waals surface area contributed by atoms with Crippen molar-refractivity contribution in [3.63, 3.8) is 0 Å². The number of benzene rings is 1. The molecule has 21 heavy (non-hydrogen) atoms. The number of rotatable bonds is 2. The third-order valence-corrected chi connectivity index (χ3v) is 4.33. The Morgan fingerprint density at radius 1 is 1.29 bits per heavy atom. The highest BCUT2D eigenvalue weighted by Gasteiger charge is 2.22. The van der Waals surface area contributed by atoms with Gasteiger partial charge in [0.1, 0.15) is 5.82 Å². The fourth-order valence-electron chi connectivity index (χ4n) is 2.97. The fourth-order valence-corrected chi connectivity index (χ4v) is 2.97. The second kappa shape index (κ2) is 5.53. The highest BCUT2D eigenvalue weighted by atomic mass is 19.1. The molecule has 3 rings (SSSR count). The van der Waals surface area contributed by atoms with Gasteiger partial charge in [0.15, 0.2) is 5.82 Å². The van der Waals surface area contributed by atoms with E-state index >= 15 is 0 Å². The second-order valence-corrected chi connectivity index (χ2v) is 5.87. The van der Waals surface area contributed by atoms with E-state index in [4.69, 9.17) is 10.7 Å². The largest absolute Gasteiger partial charge is 0.330 e. The summed E-state index contributed by atoms with van der Waals surface area (Å²) in [6.07, 6.45) is 3.01. The first kappa shape index (κ1) is 14.1. The van der Waals surface area contributed by atoms with Crippen molar-refractivity contribution < 1.29 is 4.39 Å². The summed E-state index contributed by atoms with van der Waals surface area (Å²) in [7, 11) is 0. The van der Waals surface area contributed by atoms with Crippen LogP contribution in [0.2, 0.25) is 0 Å². The molecule has 0 bridgehead atoms. The van der Waals surface area contributed by atoms with Gasteiger partial charge in [-0.15, -0.1) is 0 Å². The molecular formula is C17H20FN3. The molecule has 0 amide bonds. The molecule has 0 saturated carbocycles. The fraction of sp³-hybridized carbons (Fsp3) is 0.412. The Labute approximate surface area is 124 Å². The lowest BCUT2D eigenvalue weighted by Crippen LogP contribution is -2.24. The first-order valence-corrected chi connectivity index (χ1v) is 7.41. The number of aryl methyl sites for hydroxylation is 3. The van der Waals surface area contributed by atoms with Gasteiger partial charge in [0.25, 0.3) is 0 Å². The summed E-state index contributed by atoms with van der Waals surface area (Å²) in [5.41, 5.74) is 10.7. The third kappa shape index (κ3) is 2.68. The van der Waals surface area contributed by atoms with Crippen molar-refractivity contribution in [2.45, 2.75) is 33.1 Å². The van der Waals surface area contributed by atoms with Crippen molar-refractivity contribution in [1.29, 1.82) is 0 Å². The van der Waals surface area contributed by atoms with E-state index in [2.05, 4.69) is 4.98 Å².